The van der Waals surface area contributed by atoms with Crippen molar-refractivity contribution in [2.24, 2.45) is 5.92 Å². The van der Waals surface area contributed by atoms with Crippen LogP contribution in [0.2, 0.25) is 5.02 Å². The number of para-hydroxylation sites is 1. The Morgan fingerprint density at radius 3 is 2.50 bits per heavy atom. The van der Waals surface area contributed by atoms with Crippen LogP contribution in [0, 0.1) is 17.6 Å². The predicted molar refractivity (Wildman–Crippen MR) is 131 cm³/mol. The van der Waals surface area contributed by atoms with Crippen molar-refractivity contribution >= 4 is 40.7 Å². The summed E-state index contributed by atoms with van der Waals surface area (Å²) in [6.07, 6.45) is 0. The molecule has 1 heterocycles. The monoisotopic (exact) mass is 513 g/mol. The van der Waals surface area contributed by atoms with Crippen molar-refractivity contribution in [3.63, 3.8) is 0 Å². The van der Waals surface area contributed by atoms with Gasteiger partial charge in [0.1, 0.15) is 23.1 Å². The molecule has 0 unspecified atom stereocenters. The first kappa shape index (κ1) is 25.1. The predicted octanol–water partition coefficient (Wildman–Crippen LogP) is 5.14. The van der Waals surface area contributed by atoms with E-state index in [0.717, 1.165) is 17.0 Å². The van der Waals surface area contributed by atoms with Gasteiger partial charge in [-0.2, -0.15) is 0 Å². The average molecular weight is 514 g/mol. The highest BCUT2D eigenvalue weighted by atomic mass is 35.5. The van der Waals surface area contributed by atoms with Gasteiger partial charge >= 0.3 is 0 Å². The van der Waals surface area contributed by atoms with Gasteiger partial charge in [-0.25, -0.2) is 8.78 Å². The molecule has 36 heavy (non-hydrogen) atoms. The van der Waals surface area contributed by atoms with E-state index in [9.17, 15) is 23.2 Å². The summed E-state index contributed by atoms with van der Waals surface area (Å²) in [4.78, 5) is 38.7. The number of benzene rings is 3. The van der Waals surface area contributed by atoms with Crippen LogP contribution in [-0.4, -0.2) is 24.5 Å². The van der Waals surface area contributed by atoms with Gasteiger partial charge in [-0.05, 0) is 48.0 Å². The molecule has 0 radical (unpaired) electrons. The number of hydrogen-bond acceptors (Lipinski definition) is 4. The number of carbonyl (C=O) groups excluding carboxylic acids is 3. The Kier molecular flexibility index (Phi) is 7.21. The molecule has 0 aromatic heterocycles. The number of amides is 3. The smallest absolute Gasteiger partial charge is 0.265 e. The third kappa shape index (κ3) is 5.16. The zero-order valence-electron chi connectivity index (χ0n) is 19.4. The number of hydrogen-bond donors (Lipinski definition) is 2. The van der Waals surface area contributed by atoms with Crippen LogP contribution in [0.1, 0.15) is 40.1 Å². The van der Waals surface area contributed by atoms with Crippen molar-refractivity contribution < 1.29 is 27.9 Å². The van der Waals surface area contributed by atoms with Gasteiger partial charge < -0.3 is 15.4 Å². The molecule has 186 valence electrons. The van der Waals surface area contributed by atoms with Crippen LogP contribution in [0.15, 0.2) is 54.6 Å². The molecule has 2 N–H and O–H groups in total. The Morgan fingerprint density at radius 1 is 1.08 bits per heavy atom. The van der Waals surface area contributed by atoms with E-state index < -0.39 is 29.1 Å². The van der Waals surface area contributed by atoms with E-state index in [1.54, 1.807) is 32.0 Å². The highest BCUT2D eigenvalue weighted by Crippen LogP contribution is 2.33. The van der Waals surface area contributed by atoms with Gasteiger partial charge in [-0.1, -0.05) is 37.6 Å². The number of carbonyl (C=O) groups is 3. The summed E-state index contributed by atoms with van der Waals surface area (Å²) < 4.78 is 34.0. The standard InChI is InChI=1S/C26H22ClF2N3O4/c1-14(2)24(33)30-12-15-6-8-19(27)17(10-15)25(34)31-16-7-9-22-18(11-16)26(35)32(13-36-22)23-20(28)4-3-5-21(23)29/h3-11,14H,12-13H2,1-2H3,(H,30,33)(H,31,34). The summed E-state index contributed by atoms with van der Waals surface area (Å²) in [5.74, 6) is -3.12. The summed E-state index contributed by atoms with van der Waals surface area (Å²) in [7, 11) is 0. The lowest BCUT2D eigenvalue weighted by molar-refractivity contribution is -0.124. The van der Waals surface area contributed by atoms with Gasteiger partial charge in [0.15, 0.2) is 6.73 Å². The van der Waals surface area contributed by atoms with Gasteiger partial charge in [0.25, 0.3) is 11.8 Å². The van der Waals surface area contributed by atoms with E-state index >= 15 is 0 Å². The van der Waals surface area contributed by atoms with Crippen molar-refractivity contribution in [3.05, 3.63) is 87.9 Å². The van der Waals surface area contributed by atoms with Gasteiger partial charge in [0.05, 0.1) is 16.1 Å². The normalized spacial score (nSPS) is 12.7. The van der Waals surface area contributed by atoms with Gasteiger partial charge in [0.2, 0.25) is 5.91 Å². The number of ether oxygens (including phenoxy) is 1. The summed E-state index contributed by atoms with van der Waals surface area (Å²) in [6.45, 7) is 3.40. The van der Waals surface area contributed by atoms with Crippen molar-refractivity contribution in [3.8, 4) is 5.75 Å². The zero-order valence-corrected chi connectivity index (χ0v) is 20.2. The number of anilines is 2. The molecular weight excluding hydrogens is 492 g/mol. The lowest BCUT2D eigenvalue weighted by Gasteiger charge is -2.29. The lowest BCUT2D eigenvalue weighted by Crippen LogP contribution is -2.39. The topological polar surface area (TPSA) is 87.7 Å². The van der Waals surface area contributed by atoms with E-state index in [-0.39, 0.29) is 52.7 Å². The third-order valence-corrected chi connectivity index (χ3v) is 5.87. The Hall–Kier alpha value is -3.98. The van der Waals surface area contributed by atoms with E-state index in [1.807, 2.05) is 0 Å². The molecule has 0 spiro atoms. The van der Waals surface area contributed by atoms with Crippen LogP contribution in [0.3, 0.4) is 0 Å². The second-order valence-corrected chi connectivity index (χ2v) is 8.84. The quantitative estimate of drug-likeness (QED) is 0.478. The van der Waals surface area contributed by atoms with Crippen molar-refractivity contribution in [1.29, 1.82) is 0 Å². The lowest BCUT2D eigenvalue weighted by atomic mass is 10.1. The zero-order chi connectivity index (χ0) is 26.0. The minimum Gasteiger partial charge on any atom is -0.472 e. The number of nitrogens with one attached hydrogen (secondary N) is 2. The summed E-state index contributed by atoms with van der Waals surface area (Å²) in [5.41, 5.74) is 0.605. The third-order valence-electron chi connectivity index (χ3n) is 5.54. The maximum absolute atomic E-state index is 14.3. The molecule has 10 heteroatoms. The van der Waals surface area contributed by atoms with Crippen LogP contribution in [0.4, 0.5) is 20.2 Å². The Labute approximate surface area is 211 Å². The first-order valence-electron chi connectivity index (χ1n) is 11.1. The fourth-order valence-electron chi connectivity index (χ4n) is 3.60. The molecule has 0 bridgehead atoms. The Balaban J connectivity index is 1.54. The fraction of sp³-hybridized carbons (Fsp3) is 0.192. The average Bonchev–Trinajstić information content (AvgIpc) is 2.84. The number of fused-ring (bicyclic) bond motifs is 1. The number of nitrogens with zero attached hydrogens (tertiary/aromatic N) is 1. The van der Waals surface area contributed by atoms with Crippen molar-refractivity contribution in [2.75, 3.05) is 16.9 Å². The van der Waals surface area contributed by atoms with Gasteiger partial charge in [0, 0.05) is 18.2 Å². The highest BCUT2D eigenvalue weighted by molar-refractivity contribution is 6.34. The largest absolute Gasteiger partial charge is 0.472 e. The van der Waals surface area contributed by atoms with E-state index in [1.165, 1.54) is 24.3 Å². The molecule has 3 amide bonds. The molecule has 0 atom stereocenters. The molecule has 1 aliphatic rings. The maximum Gasteiger partial charge on any atom is 0.265 e. The second kappa shape index (κ2) is 10.3. The van der Waals surface area contributed by atoms with Gasteiger partial charge in [-0.3, -0.25) is 19.3 Å². The van der Waals surface area contributed by atoms with Crippen LogP contribution < -0.4 is 20.3 Å². The second-order valence-electron chi connectivity index (χ2n) is 8.43. The molecule has 3 aromatic rings. The SMILES string of the molecule is CC(C)C(=O)NCc1ccc(Cl)c(C(=O)Nc2ccc3c(c2)C(=O)N(c2c(F)cccc2F)CO3)c1. The van der Waals surface area contributed by atoms with Crippen LogP contribution in [0.5, 0.6) is 5.75 Å². The maximum atomic E-state index is 14.3. The van der Waals surface area contributed by atoms with Crippen LogP contribution in [-0.2, 0) is 11.3 Å². The minimum absolute atomic E-state index is 0.0259. The molecule has 3 aromatic carbocycles. The van der Waals surface area contributed by atoms with Crippen molar-refractivity contribution in [1.82, 2.24) is 5.32 Å². The molecule has 4 rings (SSSR count). The van der Waals surface area contributed by atoms with Crippen LogP contribution in [0.25, 0.3) is 0 Å². The first-order chi connectivity index (χ1) is 17.2. The minimum atomic E-state index is -0.904. The van der Waals surface area contributed by atoms with E-state index in [4.69, 9.17) is 16.3 Å². The molecule has 0 saturated carbocycles. The molecule has 0 fully saturated rings. The molecular formula is C26H22ClF2N3O4. The number of halogens is 3. The van der Waals surface area contributed by atoms with E-state index in [0.29, 0.717) is 5.56 Å². The highest BCUT2D eigenvalue weighted by Gasteiger charge is 2.31. The summed E-state index contributed by atoms with van der Waals surface area (Å²) in [6, 6.07) is 12.5. The molecule has 0 saturated heterocycles. The van der Waals surface area contributed by atoms with Gasteiger partial charge in [-0.15, -0.1) is 0 Å². The first-order valence-corrected chi connectivity index (χ1v) is 11.4. The molecule has 0 aliphatic carbocycles. The Morgan fingerprint density at radius 2 is 1.81 bits per heavy atom. The van der Waals surface area contributed by atoms with E-state index in [2.05, 4.69) is 10.6 Å². The van der Waals surface area contributed by atoms with Crippen LogP contribution >= 0.6 is 11.6 Å². The molecule has 1 aliphatic heterocycles. The molecule has 7 nitrogen and oxygen atoms in total. The number of rotatable bonds is 6. The summed E-state index contributed by atoms with van der Waals surface area (Å²) in [5, 5.41) is 5.65. The summed E-state index contributed by atoms with van der Waals surface area (Å²) >= 11 is 6.23. The fourth-order valence-corrected chi connectivity index (χ4v) is 3.80. The Bertz CT molecular complexity index is 1340. The van der Waals surface area contributed by atoms with Crippen molar-refractivity contribution in [2.45, 2.75) is 20.4 Å².